The highest BCUT2D eigenvalue weighted by molar-refractivity contribution is 7.89. The topological polar surface area (TPSA) is 71.3 Å². The third-order valence-corrected chi connectivity index (χ3v) is 4.77. The molecule has 5 nitrogen and oxygen atoms in total. The number of furan rings is 1. The molecule has 0 spiro atoms. The highest BCUT2D eigenvalue weighted by Crippen LogP contribution is 2.26. The summed E-state index contributed by atoms with van der Waals surface area (Å²) in [7, 11) is -1.75. The lowest BCUT2D eigenvalue weighted by Gasteiger charge is -2.18. The Morgan fingerprint density at radius 3 is 2.25 bits per heavy atom. The van der Waals surface area contributed by atoms with E-state index in [1.165, 1.54) is 0 Å². The maximum Gasteiger partial charge on any atom is 0.244 e. The van der Waals surface area contributed by atoms with Gasteiger partial charge in [-0.1, -0.05) is 20.8 Å². The fraction of sp³-hybridized carbons (Fsp3) is 0.714. The Kier molecular flexibility index (Phi) is 5.40. The zero-order valence-corrected chi connectivity index (χ0v) is 14.1. The van der Waals surface area contributed by atoms with Gasteiger partial charge in [-0.3, -0.25) is 0 Å². The Bertz CT molecular complexity index is 554. The second kappa shape index (κ2) is 6.28. The molecule has 1 heterocycles. The monoisotopic (exact) mass is 302 g/mol. The maximum atomic E-state index is 12.4. The molecule has 0 radical (unpaired) electrons. The van der Waals surface area contributed by atoms with E-state index in [-0.39, 0.29) is 10.3 Å². The quantitative estimate of drug-likeness (QED) is 0.846. The first-order chi connectivity index (χ1) is 9.08. The molecule has 1 rings (SSSR count). The van der Waals surface area contributed by atoms with E-state index in [9.17, 15) is 8.42 Å². The predicted molar refractivity (Wildman–Crippen MR) is 80.2 cm³/mol. The van der Waals surface area contributed by atoms with Gasteiger partial charge < -0.3 is 9.73 Å². The number of nitrogens with one attached hydrogen (secondary N) is 2. The van der Waals surface area contributed by atoms with Crippen molar-refractivity contribution in [1.29, 1.82) is 0 Å². The van der Waals surface area contributed by atoms with Crippen molar-refractivity contribution in [3.63, 3.8) is 0 Å². The Morgan fingerprint density at radius 2 is 1.75 bits per heavy atom. The normalized spacial score (nSPS) is 12.9. The van der Waals surface area contributed by atoms with Crippen LogP contribution in [0.25, 0.3) is 0 Å². The molecule has 0 aliphatic heterocycles. The third kappa shape index (κ3) is 4.33. The lowest BCUT2D eigenvalue weighted by molar-refractivity contribution is 0.378. The van der Waals surface area contributed by atoms with Gasteiger partial charge in [-0.05, 0) is 32.7 Å². The lowest BCUT2D eigenvalue weighted by Crippen LogP contribution is -2.28. The summed E-state index contributed by atoms with van der Waals surface area (Å²) in [6, 6.07) is 0. The van der Waals surface area contributed by atoms with E-state index < -0.39 is 10.0 Å². The van der Waals surface area contributed by atoms with Crippen molar-refractivity contribution in [3.05, 3.63) is 17.1 Å². The molecular weight excluding hydrogens is 276 g/mol. The largest absolute Gasteiger partial charge is 0.465 e. The van der Waals surface area contributed by atoms with E-state index in [0.717, 1.165) is 6.42 Å². The Balaban J connectivity index is 2.98. The molecule has 2 N–H and O–H groups in total. The summed E-state index contributed by atoms with van der Waals surface area (Å²) in [5, 5.41) is 2.98. The summed E-state index contributed by atoms with van der Waals surface area (Å²) < 4.78 is 33.0. The van der Waals surface area contributed by atoms with E-state index in [2.05, 4.69) is 30.8 Å². The number of rotatable bonds is 6. The Morgan fingerprint density at radius 1 is 1.15 bits per heavy atom. The molecule has 1 aromatic rings. The molecule has 1 aromatic heterocycles. The maximum absolute atomic E-state index is 12.4. The fourth-order valence-corrected chi connectivity index (χ4v) is 3.55. The molecule has 0 amide bonds. The van der Waals surface area contributed by atoms with Gasteiger partial charge in [-0.2, -0.15) is 0 Å². The average Bonchev–Trinajstić information content (AvgIpc) is 2.52. The van der Waals surface area contributed by atoms with E-state index in [4.69, 9.17) is 4.42 Å². The van der Waals surface area contributed by atoms with E-state index in [1.54, 1.807) is 20.9 Å². The second-order valence-electron chi connectivity index (χ2n) is 6.26. The molecule has 0 aliphatic carbocycles. The van der Waals surface area contributed by atoms with Gasteiger partial charge in [0.05, 0.1) is 0 Å². The van der Waals surface area contributed by atoms with Crippen LogP contribution in [-0.4, -0.2) is 22.0 Å². The van der Waals surface area contributed by atoms with Crippen LogP contribution in [0.5, 0.6) is 0 Å². The van der Waals surface area contributed by atoms with Gasteiger partial charge in [0.15, 0.2) is 0 Å². The summed E-state index contributed by atoms with van der Waals surface area (Å²) in [6.45, 7) is 10.6. The molecule has 116 valence electrons. The van der Waals surface area contributed by atoms with Crippen LogP contribution >= 0.6 is 0 Å². The highest BCUT2D eigenvalue weighted by atomic mass is 32.2. The van der Waals surface area contributed by atoms with E-state index in [0.29, 0.717) is 30.2 Å². The van der Waals surface area contributed by atoms with Crippen molar-refractivity contribution in [1.82, 2.24) is 10.0 Å². The van der Waals surface area contributed by atoms with Crippen LogP contribution in [0, 0.1) is 19.3 Å². The van der Waals surface area contributed by atoms with Crippen LogP contribution in [0.1, 0.15) is 44.3 Å². The zero-order chi connectivity index (χ0) is 15.6. The van der Waals surface area contributed by atoms with Gasteiger partial charge in [-0.15, -0.1) is 0 Å². The minimum Gasteiger partial charge on any atom is -0.465 e. The summed E-state index contributed by atoms with van der Waals surface area (Å²) in [6.07, 6.45) is 0.781. The Labute approximate surface area is 122 Å². The molecule has 20 heavy (non-hydrogen) atoms. The van der Waals surface area contributed by atoms with E-state index in [1.807, 2.05) is 0 Å². The van der Waals surface area contributed by atoms with Crippen LogP contribution in [-0.2, 0) is 16.6 Å². The van der Waals surface area contributed by atoms with Gasteiger partial charge in [0.1, 0.15) is 16.4 Å². The number of sulfonamides is 1. The molecule has 0 unspecified atom stereocenters. The Hall–Kier alpha value is -0.850. The second-order valence-corrected chi connectivity index (χ2v) is 7.96. The number of aryl methyl sites for hydroxylation is 2. The van der Waals surface area contributed by atoms with Crippen LogP contribution in [0.15, 0.2) is 9.31 Å². The smallest absolute Gasteiger partial charge is 0.244 e. The first-order valence-electron chi connectivity index (χ1n) is 6.81. The molecule has 0 fully saturated rings. The molecule has 6 heteroatoms. The average molecular weight is 302 g/mol. The molecular formula is C14H26N2O3S. The van der Waals surface area contributed by atoms with Crippen molar-refractivity contribution in [2.24, 2.45) is 5.41 Å². The fourth-order valence-electron chi connectivity index (χ4n) is 2.08. The van der Waals surface area contributed by atoms with Crippen LogP contribution in [0.3, 0.4) is 0 Å². The van der Waals surface area contributed by atoms with Crippen molar-refractivity contribution >= 4 is 10.0 Å². The van der Waals surface area contributed by atoms with Crippen molar-refractivity contribution in [2.45, 2.75) is 52.5 Å². The highest BCUT2D eigenvalue weighted by Gasteiger charge is 2.26. The van der Waals surface area contributed by atoms with Gasteiger partial charge in [-0.25, -0.2) is 13.1 Å². The number of hydrogen-bond donors (Lipinski definition) is 2. The first-order valence-corrected chi connectivity index (χ1v) is 8.30. The van der Waals surface area contributed by atoms with Crippen molar-refractivity contribution in [3.8, 4) is 0 Å². The van der Waals surface area contributed by atoms with Crippen LogP contribution in [0.2, 0.25) is 0 Å². The third-order valence-electron chi connectivity index (χ3n) is 3.11. The van der Waals surface area contributed by atoms with Gasteiger partial charge in [0.2, 0.25) is 10.0 Å². The van der Waals surface area contributed by atoms with Crippen LogP contribution in [0.4, 0.5) is 0 Å². The molecule has 0 saturated carbocycles. The minimum absolute atomic E-state index is 0.0949. The van der Waals surface area contributed by atoms with Crippen LogP contribution < -0.4 is 10.0 Å². The SMILES string of the molecule is CNCc1c(C)oc(C)c1S(=O)(=O)NCCC(C)(C)C. The minimum atomic E-state index is -3.53. The molecule has 0 atom stereocenters. The summed E-state index contributed by atoms with van der Waals surface area (Å²) in [5.74, 6) is 1.09. The predicted octanol–water partition coefficient (Wildman–Crippen LogP) is 2.33. The van der Waals surface area contributed by atoms with Gasteiger partial charge >= 0.3 is 0 Å². The molecule has 0 bridgehead atoms. The number of hydrogen-bond acceptors (Lipinski definition) is 4. The zero-order valence-electron chi connectivity index (χ0n) is 13.3. The molecule has 0 aromatic carbocycles. The van der Waals surface area contributed by atoms with Gasteiger partial charge in [0, 0.05) is 18.7 Å². The van der Waals surface area contributed by atoms with Crippen molar-refractivity contribution in [2.75, 3.05) is 13.6 Å². The van der Waals surface area contributed by atoms with Crippen molar-refractivity contribution < 1.29 is 12.8 Å². The molecule has 0 aliphatic rings. The lowest BCUT2D eigenvalue weighted by atomic mass is 9.93. The van der Waals surface area contributed by atoms with Gasteiger partial charge in [0.25, 0.3) is 0 Å². The first kappa shape index (κ1) is 17.2. The summed E-state index contributed by atoms with van der Waals surface area (Å²) in [4.78, 5) is 0.276. The standard InChI is InChI=1S/C14H26N2O3S/c1-10-12(9-15-6)13(11(2)19-10)20(17,18)16-8-7-14(3,4)5/h15-16H,7-9H2,1-6H3. The molecule has 0 saturated heterocycles. The summed E-state index contributed by atoms with van der Waals surface area (Å²) >= 11 is 0. The summed E-state index contributed by atoms with van der Waals surface area (Å²) in [5.41, 5.74) is 0.797. The van der Waals surface area contributed by atoms with E-state index >= 15 is 0 Å².